The predicted molar refractivity (Wildman–Crippen MR) is 117 cm³/mol. The number of imidazole rings is 1. The minimum absolute atomic E-state index is 0.0930. The van der Waals surface area contributed by atoms with Crippen molar-refractivity contribution in [1.29, 1.82) is 0 Å². The Morgan fingerprint density at radius 2 is 2.10 bits per heavy atom. The maximum Gasteiger partial charge on any atom is 0.248 e. The van der Waals surface area contributed by atoms with E-state index in [0.29, 0.717) is 11.8 Å². The molecule has 0 aliphatic carbocycles. The fourth-order valence-electron chi connectivity index (χ4n) is 4.02. The number of nitrogens with zero attached hydrogens (tertiary/aromatic N) is 6. The van der Waals surface area contributed by atoms with E-state index in [9.17, 15) is 5.11 Å². The number of anilines is 3. The van der Waals surface area contributed by atoms with Gasteiger partial charge in [-0.1, -0.05) is 6.07 Å². The molecule has 0 spiro atoms. The van der Waals surface area contributed by atoms with Crippen molar-refractivity contribution in [3.63, 3.8) is 0 Å². The van der Waals surface area contributed by atoms with E-state index in [1.807, 2.05) is 33.6 Å². The first-order valence-corrected chi connectivity index (χ1v) is 10.2. The molecule has 1 fully saturated rings. The summed E-state index contributed by atoms with van der Waals surface area (Å²) >= 11 is 0. The van der Waals surface area contributed by atoms with Crippen molar-refractivity contribution in [2.45, 2.75) is 32.7 Å². The zero-order valence-electron chi connectivity index (χ0n) is 17.2. The quantitative estimate of drug-likeness (QED) is 0.532. The molecular formula is C22H25N7O. The number of nitrogens with one attached hydrogen (secondary N) is 1. The van der Waals surface area contributed by atoms with Gasteiger partial charge in [0.05, 0.1) is 18.8 Å². The second-order valence-corrected chi connectivity index (χ2v) is 7.83. The molecule has 8 nitrogen and oxygen atoms in total. The third-order valence-corrected chi connectivity index (χ3v) is 5.84. The van der Waals surface area contributed by atoms with Gasteiger partial charge in [0.1, 0.15) is 11.8 Å². The Balaban J connectivity index is 1.46. The summed E-state index contributed by atoms with van der Waals surface area (Å²) in [6.45, 7) is 5.21. The van der Waals surface area contributed by atoms with Crippen LogP contribution in [-0.2, 0) is 0 Å². The molecule has 0 bridgehead atoms. The highest BCUT2D eigenvalue weighted by Gasteiger charge is 2.27. The predicted octanol–water partition coefficient (Wildman–Crippen LogP) is 3.24. The lowest BCUT2D eigenvalue weighted by Crippen LogP contribution is -2.33. The molecule has 1 aliphatic rings. The summed E-state index contributed by atoms with van der Waals surface area (Å²) in [4.78, 5) is 11.4. The third-order valence-electron chi connectivity index (χ3n) is 5.84. The number of aliphatic hydroxyl groups excluding tert-OH is 1. The van der Waals surface area contributed by atoms with Crippen LogP contribution in [0.25, 0.3) is 11.2 Å². The van der Waals surface area contributed by atoms with Crippen LogP contribution in [0.4, 0.5) is 17.6 Å². The van der Waals surface area contributed by atoms with Gasteiger partial charge in [-0.15, -0.1) is 5.10 Å². The Bertz CT molecular complexity index is 1200. The molecule has 4 heterocycles. The maximum atomic E-state index is 9.75. The number of rotatable bonds is 5. The summed E-state index contributed by atoms with van der Waals surface area (Å²) < 4.78 is 3.80. The average molecular weight is 403 g/mol. The van der Waals surface area contributed by atoms with Crippen molar-refractivity contribution in [2.24, 2.45) is 0 Å². The summed E-state index contributed by atoms with van der Waals surface area (Å²) in [5.41, 5.74) is 4.50. The number of benzene rings is 1. The van der Waals surface area contributed by atoms with Crippen LogP contribution >= 0.6 is 0 Å². The van der Waals surface area contributed by atoms with Gasteiger partial charge in [-0.25, -0.2) is 9.50 Å². The molecule has 0 saturated carbocycles. The Morgan fingerprint density at radius 3 is 2.93 bits per heavy atom. The van der Waals surface area contributed by atoms with E-state index in [2.05, 4.69) is 52.3 Å². The highest BCUT2D eigenvalue weighted by Crippen LogP contribution is 2.29. The van der Waals surface area contributed by atoms with E-state index >= 15 is 0 Å². The first-order valence-electron chi connectivity index (χ1n) is 10.2. The van der Waals surface area contributed by atoms with E-state index in [1.165, 1.54) is 11.1 Å². The SMILES string of the molecule is Cc1ccc(-n2cnc(Nc3nc(N4CCC[C@H]4CO)c4cccn4n3)c2)cc1C. The molecule has 0 amide bonds. The molecule has 154 valence electrons. The molecule has 4 aromatic rings. The molecule has 1 aromatic carbocycles. The van der Waals surface area contributed by atoms with Crippen LogP contribution in [-0.4, -0.2) is 48.4 Å². The summed E-state index contributed by atoms with van der Waals surface area (Å²) in [7, 11) is 0. The fourth-order valence-corrected chi connectivity index (χ4v) is 4.02. The maximum absolute atomic E-state index is 9.75. The lowest BCUT2D eigenvalue weighted by Gasteiger charge is -2.25. The van der Waals surface area contributed by atoms with Gasteiger partial charge in [-0.3, -0.25) is 0 Å². The Kier molecular flexibility index (Phi) is 4.63. The Morgan fingerprint density at radius 1 is 1.20 bits per heavy atom. The van der Waals surface area contributed by atoms with Gasteiger partial charge in [-0.05, 0) is 62.1 Å². The zero-order chi connectivity index (χ0) is 20.7. The van der Waals surface area contributed by atoms with Gasteiger partial charge in [0.2, 0.25) is 5.95 Å². The molecule has 0 unspecified atom stereocenters. The summed E-state index contributed by atoms with van der Waals surface area (Å²) in [5.74, 6) is 1.98. The first kappa shape index (κ1) is 18.6. The van der Waals surface area contributed by atoms with Crippen molar-refractivity contribution in [2.75, 3.05) is 23.4 Å². The lowest BCUT2D eigenvalue weighted by molar-refractivity contribution is 0.266. The van der Waals surface area contributed by atoms with Crippen LogP contribution < -0.4 is 10.2 Å². The van der Waals surface area contributed by atoms with Crippen LogP contribution in [0.3, 0.4) is 0 Å². The summed E-state index contributed by atoms with van der Waals surface area (Å²) in [5, 5.41) is 17.6. The Labute approximate surface area is 174 Å². The summed E-state index contributed by atoms with van der Waals surface area (Å²) in [6, 6.07) is 10.4. The largest absolute Gasteiger partial charge is 0.394 e. The van der Waals surface area contributed by atoms with E-state index in [4.69, 9.17) is 4.98 Å². The molecule has 2 N–H and O–H groups in total. The number of aliphatic hydroxyl groups is 1. The fraction of sp³-hybridized carbons (Fsp3) is 0.318. The van der Waals surface area contributed by atoms with E-state index < -0.39 is 0 Å². The van der Waals surface area contributed by atoms with Crippen LogP contribution in [0, 0.1) is 13.8 Å². The smallest absolute Gasteiger partial charge is 0.248 e. The third kappa shape index (κ3) is 3.29. The van der Waals surface area contributed by atoms with Crippen molar-refractivity contribution in [3.05, 3.63) is 60.2 Å². The van der Waals surface area contributed by atoms with Crippen molar-refractivity contribution in [3.8, 4) is 5.69 Å². The topological polar surface area (TPSA) is 83.5 Å². The Hall–Kier alpha value is -3.39. The minimum Gasteiger partial charge on any atom is -0.394 e. The monoisotopic (exact) mass is 403 g/mol. The van der Waals surface area contributed by atoms with Crippen molar-refractivity contribution < 1.29 is 5.11 Å². The number of fused-ring (bicyclic) bond motifs is 1. The molecule has 5 rings (SSSR count). The van der Waals surface area contributed by atoms with Gasteiger partial charge in [0, 0.05) is 18.4 Å². The zero-order valence-corrected chi connectivity index (χ0v) is 17.2. The molecule has 30 heavy (non-hydrogen) atoms. The summed E-state index contributed by atoms with van der Waals surface area (Å²) in [6.07, 6.45) is 7.63. The van der Waals surface area contributed by atoms with Crippen LogP contribution in [0.1, 0.15) is 24.0 Å². The number of hydrogen-bond acceptors (Lipinski definition) is 6. The second kappa shape index (κ2) is 7.46. The number of aromatic nitrogens is 5. The highest BCUT2D eigenvalue weighted by molar-refractivity contribution is 5.71. The van der Waals surface area contributed by atoms with Crippen LogP contribution in [0.5, 0.6) is 0 Å². The lowest BCUT2D eigenvalue weighted by atomic mass is 10.1. The van der Waals surface area contributed by atoms with Gasteiger partial charge in [0.15, 0.2) is 11.6 Å². The molecule has 3 aromatic heterocycles. The van der Waals surface area contributed by atoms with Gasteiger partial charge in [0.25, 0.3) is 0 Å². The first-order chi connectivity index (χ1) is 14.6. The number of hydrogen-bond donors (Lipinski definition) is 2. The van der Waals surface area contributed by atoms with Crippen LogP contribution in [0.15, 0.2) is 49.1 Å². The van der Waals surface area contributed by atoms with Gasteiger partial charge in [-0.2, -0.15) is 4.98 Å². The average Bonchev–Trinajstić information content (AvgIpc) is 3.49. The second-order valence-electron chi connectivity index (χ2n) is 7.83. The molecule has 8 heteroatoms. The van der Waals surface area contributed by atoms with E-state index in [-0.39, 0.29) is 12.6 Å². The number of aryl methyl sites for hydroxylation is 2. The molecule has 1 saturated heterocycles. The molecule has 1 atom stereocenters. The van der Waals surface area contributed by atoms with E-state index in [0.717, 1.165) is 36.4 Å². The van der Waals surface area contributed by atoms with Crippen LogP contribution in [0.2, 0.25) is 0 Å². The van der Waals surface area contributed by atoms with Crippen molar-refractivity contribution >= 4 is 23.1 Å². The minimum atomic E-state index is 0.0930. The van der Waals surface area contributed by atoms with E-state index in [1.54, 1.807) is 6.33 Å². The van der Waals surface area contributed by atoms with Gasteiger partial charge >= 0.3 is 0 Å². The highest BCUT2D eigenvalue weighted by atomic mass is 16.3. The normalized spacial score (nSPS) is 16.5. The van der Waals surface area contributed by atoms with Gasteiger partial charge < -0.3 is 19.9 Å². The standard InChI is InChI=1S/C22H25N7O/c1-15-7-8-17(11-16(15)2)27-12-20(23-14-27)24-22-25-21(19-6-4-10-29(19)26-22)28-9-3-5-18(28)13-30/h4,6-8,10-12,14,18,30H,3,5,9,13H2,1-2H3,(H,24,26)/t18-/m0/s1. The molecule has 1 aliphatic heterocycles. The molecule has 0 radical (unpaired) electrons. The van der Waals surface area contributed by atoms with Crippen molar-refractivity contribution in [1.82, 2.24) is 24.1 Å². The molecular weight excluding hydrogens is 378 g/mol.